The smallest absolute Gasteiger partial charge is 0.329 e. The van der Waals surface area contributed by atoms with Crippen LogP contribution in [0.5, 0.6) is 0 Å². The number of allylic oxidation sites excluding steroid dienone is 4. The number of alkyl halides is 3. The fourth-order valence-corrected chi connectivity index (χ4v) is 3.25. The number of nitrogens with one attached hydrogen (secondary N) is 1. The Kier molecular flexibility index (Phi) is 7.06. The van der Waals surface area contributed by atoms with Crippen molar-refractivity contribution in [3.05, 3.63) is 40.8 Å². The van der Waals surface area contributed by atoms with Gasteiger partial charge in [0.05, 0.1) is 11.3 Å². The predicted octanol–water partition coefficient (Wildman–Crippen LogP) is 4.14. The number of hydrogen-bond donors (Lipinski definition) is 2. The lowest BCUT2D eigenvalue weighted by atomic mass is 9.84. The summed E-state index contributed by atoms with van der Waals surface area (Å²) in [6.07, 6.45) is 2.24. The molecule has 3 N–H and O–H groups in total. The summed E-state index contributed by atoms with van der Waals surface area (Å²) in [6, 6.07) is 0. The second-order valence-electron chi connectivity index (χ2n) is 7.49. The number of likely N-dealkylation sites (N-methyl/N-ethyl adjacent to an activating group) is 1. The van der Waals surface area contributed by atoms with Crippen LogP contribution in [0.25, 0.3) is 0 Å². The zero-order chi connectivity index (χ0) is 19.3. The molecule has 0 aliphatic heterocycles. The zero-order valence-electron chi connectivity index (χ0n) is 15.7. The van der Waals surface area contributed by atoms with E-state index in [1.165, 1.54) is 12.2 Å². The van der Waals surface area contributed by atoms with E-state index in [0.717, 1.165) is 24.1 Å². The highest BCUT2D eigenvalue weighted by molar-refractivity contribution is 5.39. The fourth-order valence-electron chi connectivity index (χ4n) is 3.25. The van der Waals surface area contributed by atoms with E-state index < -0.39 is 11.7 Å². The summed E-state index contributed by atoms with van der Waals surface area (Å²) in [5.41, 5.74) is 7.49. The van der Waals surface area contributed by atoms with Gasteiger partial charge in [-0.1, -0.05) is 31.6 Å². The molecule has 4 nitrogen and oxygen atoms in total. The molecule has 26 heavy (non-hydrogen) atoms. The van der Waals surface area contributed by atoms with Gasteiger partial charge in [-0.3, -0.25) is 5.10 Å². The van der Waals surface area contributed by atoms with Crippen molar-refractivity contribution in [1.29, 1.82) is 0 Å². The largest absolute Gasteiger partial charge is 0.416 e. The molecule has 0 spiro atoms. The summed E-state index contributed by atoms with van der Waals surface area (Å²) in [5, 5.41) is 7.10. The van der Waals surface area contributed by atoms with Crippen LogP contribution < -0.4 is 5.73 Å². The standard InChI is InChI=1S/C19H29F3N4/c1-13(2)4-5-14-8-15(10-17(9-14)19(20,21)22)18-16(11-24-25-18)12-26(3)7-6-23/h9-11,13,15H,4-8,12,23H2,1-3H3,(H,24,25). The van der Waals surface area contributed by atoms with Gasteiger partial charge in [-0.25, -0.2) is 0 Å². The Hall–Kier alpha value is -1.60. The molecule has 0 fully saturated rings. The van der Waals surface area contributed by atoms with Crippen LogP contribution in [0.1, 0.15) is 50.3 Å². The first-order chi connectivity index (χ1) is 12.2. The average molecular weight is 370 g/mol. The van der Waals surface area contributed by atoms with Gasteiger partial charge in [-0.2, -0.15) is 18.3 Å². The Morgan fingerprint density at radius 3 is 2.73 bits per heavy atom. The van der Waals surface area contributed by atoms with Crippen LogP contribution in [0.2, 0.25) is 0 Å². The van der Waals surface area contributed by atoms with Gasteiger partial charge in [0.25, 0.3) is 0 Å². The molecule has 0 bridgehead atoms. The average Bonchev–Trinajstić information content (AvgIpc) is 3.00. The minimum Gasteiger partial charge on any atom is -0.329 e. The van der Waals surface area contributed by atoms with Crippen molar-refractivity contribution in [2.24, 2.45) is 11.7 Å². The molecular formula is C19H29F3N4. The first-order valence-corrected chi connectivity index (χ1v) is 9.10. The number of nitrogens with zero attached hydrogens (tertiary/aromatic N) is 2. The van der Waals surface area contributed by atoms with Gasteiger partial charge in [0, 0.05) is 37.3 Å². The van der Waals surface area contributed by atoms with Gasteiger partial charge in [0.15, 0.2) is 0 Å². The molecule has 0 saturated carbocycles. The maximum atomic E-state index is 13.4. The number of aromatic amines is 1. The lowest BCUT2D eigenvalue weighted by Crippen LogP contribution is -2.25. The van der Waals surface area contributed by atoms with Gasteiger partial charge < -0.3 is 10.6 Å². The van der Waals surface area contributed by atoms with Gasteiger partial charge in [-0.05, 0) is 32.2 Å². The number of halogens is 3. The maximum Gasteiger partial charge on any atom is 0.416 e. The maximum absolute atomic E-state index is 13.4. The molecule has 1 atom stereocenters. The van der Waals surface area contributed by atoms with Gasteiger partial charge in [0.2, 0.25) is 0 Å². The van der Waals surface area contributed by atoms with E-state index in [0.29, 0.717) is 37.5 Å². The molecule has 1 aliphatic carbocycles. The van der Waals surface area contributed by atoms with Crippen molar-refractivity contribution >= 4 is 0 Å². The van der Waals surface area contributed by atoms with Crippen molar-refractivity contribution in [1.82, 2.24) is 15.1 Å². The zero-order valence-corrected chi connectivity index (χ0v) is 15.7. The minimum atomic E-state index is -4.34. The van der Waals surface area contributed by atoms with E-state index in [1.54, 1.807) is 6.20 Å². The van der Waals surface area contributed by atoms with Crippen LogP contribution >= 0.6 is 0 Å². The Morgan fingerprint density at radius 2 is 2.12 bits per heavy atom. The summed E-state index contributed by atoms with van der Waals surface area (Å²) in [4.78, 5) is 2.04. The van der Waals surface area contributed by atoms with E-state index >= 15 is 0 Å². The highest BCUT2D eigenvalue weighted by Gasteiger charge is 2.36. The van der Waals surface area contributed by atoms with E-state index in [1.807, 2.05) is 11.9 Å². The highest BCUT2D eigenvalue weighted by Crippen LogP contribution is 2.39. The SMILES string of the molecule is CC(C)CCC1=CC(C(F)(F)F)=CC(c2n[nH]cc2CN(C)CCN)C1. The monoisotopic (exact) mass is 370 g/mol. The molecule has 1 aromatic heterocycles. The van der Waals surface area contributed by atoms with Crippen molar-refractivity contribution < 1.29 is 13.2 Å². The number of rotatable bonds is 8. The van der Waals surface area contributed by atoms with Crippen LogP contribution in [0, 0.1) is 5.92 Å². The van der Waals surface area contributed by atoms with E-state index in [2.05, 4.69) is 24.0 Å². The molecule has 1 unspecified atom stereocenters. The lowest BCUT2D eigenvalue weighted by Gasteiger charge is -2.24. The Morgan fingerprint density at radius 1 is 1.38 bits per heavy atom. The van der Waals surface area contributed by atoms with Gasteiger partial charge in [-0.15, -0.1) is 0 Å². The third kappa shape index (κ3) is 5.71. The quantitative estimate of drug-likeness (QED) is 0.723. The molecule has 0 saturated heterocycles. The molecule has 0 amide bonds. The third-order valence-corrected chi connectivity index (χ3v) is 4.65. The molecule has 1 aliphatic rings. The first kappa shape index (κ1) is 20.7. The molecule has 2 rings (SSSR count). The van der Waals surface area contributed by atoms with E-state index in [9.17, 15) is 13.2 Å². The van der Waals surface area contributed by atoms with Crippen molar-refractivity contribution in [3.8, 4) is 0 Å². The first-order valence-electron chi connectivity index (χ1n) is 9.10. The van der Waals surface area contributed by atoms with E-state index in [4.69, 9.17) is 5.73 Å². The van der Waals surface area contributed by atoms with Crippen molar-refractivity contribution in [2.75, 3.05) is 20.1 Å². The molecule has 1 aromatic rings. The lowest BCUT2D eigenvalue weighted by molar-refractivity contribution is -0.0888. The number of hydrogen-bond acceptors (Lipinski definition) is 3. The summed E-state index contributed by atoms with van der Waals surface area (Å²) in [5.74, 6) is 0.103. The van der Waals surface area contributed by atoms with Crippen molar-refractivity contribution in [3.63, 3.8) is 0 Å². The van der Waals surface area contributed by atoms with Crippen molar-refractivity contribution in [2.45, 2.75) is 51.7 Å². The minimum absolute atomic E-state index is 0.355. The molecule has 0 radical (unpaired) electrons. The third-order valence-electron chi connectivity index (χ3n) is 4.65. The van der Waals surface area contributed by atoms with Crippen LogP contribution in [-0.4, -0.2) is 41.4 Å². The Balaban J connectivity index is 2.25. The second-order valence-corrected chi connectivity index (χ2v) is 7.49. The Labute approximate surface area is 153 Å². The van der Waals surface area contributed by atoms with E-state index in [-0.39, 0.29) is 5.92 Å². The summed E-state index contributed by atoms with van der Waals surface area (Å²) in [6.45, 7) is 6.03. The predicted molar refractivity (Wildman–Crippen MR) is 97.6 cm³/mol. The van der Waals surface area contributed by atoms with Crippen LogP contribution in [0.3, 0.4) is 0 Å². The van der Waals surface area contributed by atoms with Crippen LogP contribution in [-0.2, 0) is 6.54 Å². The molecular weight excluding hydrogens is 341 g/mol. The second kappa shape index (κ2) is 8.86. The number of nitrogens with two attached hydrogens (primary N) is 1. The number of H-pyrrole nitrogens is 1. The molecule has 7 heteroatoms. The van der Waals surface area contributed by atoms with Crippen LogP contribution in [0.4, 0.5) is 13.2 Å². The van der Waals surface area contributed by atoms with Gasteiger partial charge >= 0.3 is 6.18 Å². The molecule has 146 valence electrons. The normalized spacial score (nSPS) is 18.4. The summed E-state index contributed by atoms with van der Waals surface area (Å²) in [7, 11) is 1.94. The fraction of sp³-hybridized carbons (Fsp3) is 0.632. The van der Waals surface area contributed by atoms with Gasteiger partial charge in [0.1, 0.15) is 0 Å². The molecule has 1 heterocycles. The summed E-state index contributed by atoms with van der Waals surface area (Å²) >= 11 is 0. The molecule has 0 aromatic carbocycles. The highest BCUT2D eigenvalue weighted by atomic mass is 19.4. The van der Waals surface area contributed by atoms with Crippen LogP contribution in [0.15, 0.2) is 29.5 Å². The Bertz CT molecular complexity index is 643. The number of aromatic nitrogens is 2. The topological polar surface area (TPSA) is 57.9 Å². The summed E-state index contributed by atoms with van der Waals surface area (Å²) < 4.78 is 40.1.